The third-order valence-electron chi connectivity index (χ3n) is 9.17. The lowest BCUT2D eigenvalue weighted by Gasteiger charge is -2.39. The molecule has 10 heteroatoms. The van der Waals surface area contributed by atoms with Crippen LogP contribution in [0.4, 0.5) is 17.1 Å². The highest BCUT2D eigenvalue weighted by Gasteiger charge is 2.76. The number of ether oxygens (including phenoxy) is 1. The van der Waals surface area contributed by atoms with Crippen molar-refractivity contribution in [2.24, 2.45) is 17.8 Å². The second-order valence-corrected chi connectivity index (χ2v) is 13.0. The van der Waals surface area contributed by atoms with E-state index in [1.54, 1.807) is 47.9 Å². The fourth-order valence-corrected chi connectivity index (χ4v) is 9.61. The molecule has 3 heterocycles. The number of hydrogen-bond donors (Lipinski definition) is 3. The van der Waals surface area contributed by atoms with Crippen LogP contribution in [0.3, 0.4) is 0 Å². The Morgan fingerprint density at radius 2 is 1.64 bits per heavy atom. The summed E-state index contributed by atoms with van der Waals surface area (Å²) < 4.78 is 4.74. The van der Waals surface area contributed by atoms with Crippen LogP contribution in [0.15, 0.2) is 48.5 Å². The molecule has 2 aromatic rings. The highest BCUT2D eigenvalue weighted by atomic mass is 32.2. The van der Waals surface area contributed by atoms with E-state index in [2.05, 4.69) is 36.3 Å². The molecule has 2 bridgehead atoms. The van der Waals surface area contributed by atoms with Crippen molar-refractivity contribution in [3.05, 3.63) is 48.5 Å². The van der Waals surface area contributed by atoms with E-state index in [9.17, 15) is 19.5 Å². The van der Waals surface area contributed by atoms with E-state index in [1.807, 2.05) is 31.2 Å². The van der Waals surface area contributed by atoms with Crippen molar-refractivity contribution in [1.82, 2.24) is 4.90 Å². The van der Waals surface area contributed by atoms with Crippen molar-refractivity contribution >= 4 is 46.5 Å². The monoisotopic (exact) mass is 594 g/mol. The first-order chi connectivity index (χ1) is 20.2. The Morgan fingerprint density at radius 1 is 1.05 bits per heavy atom. The molecule has 9 nitrogen and oxygen atoms in total. The SMILES string of the molecule is CCOc1ccc(NC(=O)[C@@H]2[C@H]3C(=O)N([C@H](C)CO)C(C(=O)Nc4ccc(N(CC)CC)cc4)C34S[C@@H]2CC4C)cc1. The third-order valence-corrected chi connectivity index (χ3v) is 11.2. The van der Waals surface area contributed by atoms with Gasteiger partial charge in [0.15, 0.2) is 0 Å². The number of aliphatic hydroxyl groups is 1. The number of benzene rings is 2. The summed E-state index contributed by atoms with van der Waals surface area (Å²) in [5.74, 6) is -1.22. The number of carbonyl (C=O) groups excluding carboxylic acids is 3. The van der Waals surface area contributed by atoms with Crippen molar-refractivity contribution in [3.63, 3.8) is 0 Å². The molecule has 0 aromatic heterocycles. The summed E-state index contributed by atoms with van der Waals surface area (Å²) in [5, 5.41) is 16.1. The first kappa shape index (κ1) is 30.2. The Morgan fingerprint density at radius 3 is 2.21 bits per heavy atom. The number of rotatable bonds is 11. The van der Waals surface area contributed by atoms with Crippen molar-refractivity contribution in [1.29, 1.82) is 0 Å². The minimum Gasteiger partial charge on any atom is -0.494 e. The van der Waals surface area contributed by atoms with Crippen molar-refractivity contribution in [2.75, 3.05) is 41.8 Å². The van der Waals surface area contributed by atoms with E-state index in [0.29, 0.717) is 18.0 Å². The number of fused-ring (bicyclic) bond motifs is 1. The molecule has 7 atom stereocenters. The van der Waals surface area contributed by atoms with Crippen LogP contribution in [0.1, 0.15) is 41.0 Å². The minimum absolute atomic E-state index is 0.0349. The summed E-state index contributed by atoms with van der Waals surface area (Å²) in [6.07, 6.45) is 0.736. The summed E-state index contributed by atoms with van der Waals surface area (Å²) in [7, 11) is 0. The van der Waals surface area contributed by atoms with Gasteiger partial charge in [-0.1, -0.05) is 6.92 Å². The van der Waals surface area contributed by atoms with Gasteiger partial charge in [0, 0.05) is 35.4 Å². The fraction of sp³-hybridized carbons (Fsp3) is 0.531. The lowest BCUT2D eigenvalue weighted by Crippen LogP contribution is -2.56. The van der Waals surface area contributed by atoms with E-state index in [4.69, 9.17) is 4.74 Å². The van der Waals surface area contributed by atoms with E-state index < -0.39 is 28.7 Å². The van der Waals surface area contributed by atoms with E-state index in [-0.39, 0.29) is 35.5 Å². The first-order valence-corrected chi connectivity index (χ1v) is 15.9. The Bertz CT molecular complexity index is 1300. The molecule has 0 aliphatic carbocycles. The van der Waals surface area contributed by atoms with Gasteiger partial charge in [0.05, 0.1) is 35.8 Å². The number of hydrogen-bond acceptors (Lipinski definition) is 7. The lowest BCUT2D eigenvalue weighted by molar-refractivity contribution is -0.140. The Labute approximate surface area is 252 Å². The predicted octanol–water partition coefficient (Wildman–Crippen LogP) is 4.23. The van der Waals surface area contributed by atoms with Crippen LogP contribution in [-0.2, 0) is 14.4 Å². The molecule has 226 valence electrons. The number of aliphatic hydroxyl groups excluding tert-OH is 1. The Hall–Kier alpha value is -3.24. The number of likely N-dealkylation sites (tertiary alicyclic amines) is 1. The third kappa shape index (κ3) is 5.02. The molecular weight excluding hydrogens is 552 g/mol. The molecule has 3 fully saturated rings. The second kappa shape index (κ2) is 12.2. The Kier molecular flexibility index (Phi) is 8.76. The van der Waals surface area contributed by atoms with Crippen molar-refractivity contribution in [3.8, 4) is 5.75 Å². The maximum atomic E-state index is 14.2. The standard InChI is InChI=1S/C32H42N4O5S/c1-6-35(7-2)23-13-9-21(10-14-23)34-30(39)28-32-19(4)17-25(42-32)26(27(32)31(40)36(28)20(5)18-37)29(38)33-22-11-15-24(16-12-22)41-8-3/h9-16,19-20,25-28,37H,6-8,17-18H2,1-5H3,(H,33,38)(H,34,39)/t19?,20-,25-,26+,27+,28?,32?/m1/s1. The highest BCUT2D eigenvalue weighted by molar-refractivity contribution is 8.02. The minimum atomic E-state index is -0.812. The highest BCUT2D eigenvalue weighted by Crippen LogP contribution is 2.68. The van der Waals surface area contributed by atoms with Crippen LogP contribution in [-0.4, -0.2) is 76.1 Å². The largest absolute Gasteiger partial charge is 0.494 e. The van der Waals surface area contributed by atoms with Gasteiger partial charge in [-0.25, -0.2) is 0 Å². The molecule has 3 N–H and O–H groups in total. The van der Waals surface area contributed by atoms with Crippen LogP contribution in [0.2, 0.25) is 0 Å². The molecule has 0 saturated carbocycles. The number of amides is 3. The van der Waals surface area contributed by atoms with Crippen LogP contribution in [0.25, 0.3) is 0 Å². The van der Waals surface area contributed by atoms with Gasteiger partial charge in [-0.15, -0.1) is 11.8 Å². The molecule has 0 radical (unpaired) electrons. The van der Waals surface area contributed by atoms with E-state index in [1.165, 1.54) is 0 Å². The average molecular weight is 595 g/mol. The molecule has 3 aliphatic heterocycles. The number of nitrogens with one attached hydrogen (secondary N) is 2. The van der Waals surface area contributed by atoms with Crippen LogP contribution < -0.4 is 20.3 Å². The average Bonchev–Trinajstić information content (AvgIpc) is 3.58. The molecule has 1 spiro atoms. The van der Waals surface area contributed by atoms with Crippen molar-refractivity contribution < 1.29 is 24.2 Å². The quantitative estimate of drug-likeness (QED) is 0.357. The molecule has 42 heavy (non-hydrogen) atoms. The molecule has 3 aliphatic rings. The number of thioether (sulfide) groups is 1. The van der Waals surface area contributed by atoms with Crippen LogP contribution >= 0.6 is 11.8 Å². The zero-order chi connectivity index (χ0) is 30.2. The fourth-order valence-electron chi connectivity index (χ4n) is 7.20. The topological polar surface area (TPSA) is 111 Å². The van der Waals surface area contributed by atoms with Gasteiger partial charge < -0.3 is 30.3 Å². The number of anilines is 3. The molecule has 3 amide bonds. The number of nitrogens with zero attached hydrogens (tertiary/aromatic N) is 2. The van der Waals surface area contributed by atoms with E-state index >= 15 is 0 Å². The lowest BCUT2D eigenvalue weighted by atomic mass is 9.66. The summed E-state index contributed by atoms with van der Waals surface area (Å²) in [4.78, 5) is 45.8. The normalized spacial score (nSPS) is 28.4. The molecular formula is C32H42N4O5S. The second-order valence-electron chi connectivity index (χ2n) is 11.5. The smallest absolute Gasteiger partial charge is 0.248 e. The maximum Gasteiger partial charge on any atom is 0.248 e. The zero-order valence-corrected chi connectivity index (χ0v) is 25.8. The predicted molar refractivity (Wildman–Crippen MR) is 167 cm³/mol. The summed E-state index contributed by atoms with van der Waals surface area (Å²) in [6, 6.07) is 13.5. The molecule has 5 rings (SSSR count). The van der Waals surface area contributed by atoms with Gasteiger partial charge in [0.25, 0.3) is 0 Å². The molecule has 2 aromatic carbocycles. The zero-order valence-electron chi connectivity index (χ0n) is 25.0. The summed E-state index contributed by atoms with van der Waals surface area (Å²) >= 11 is 1.62. The van der Waals surface area contributed by atoms with Gasteiger partial charge in [-0.3, -0.25) is 14.4 Å². The van der Waals surface area contributed by atoms with Crippen LogP contribution in [0, 0.1) is 17.8 Å². The maximum absolute atomic E-state index is 14.2. The molecule has 3 saturated heterocycles. The van der Waals surface area contributed by atoms with Gasteiger partial charge in [-0.2, -0.15) is 0 Å². The van der Waals surface area contributed by atoms with Crippen molar-refractivity contribution in [2.45, 2.75) is 63.1 Å². The molecule has 3 unspecified atom stereocenters. The number of carbonyl (C=O) groups is 3. The van der Waals surface area contributed by atoms with E-state index in [0.717, 1.165) is 30.9 Å². The summed E-state index contributed by atoms with van der Waals surface area (Å²) in [6.45, 7) is 12.0. The van der Waals surface area contributed by atoms with Gasteiger partial charge >= 0.3 is 0 Å². The van der Waals surface area contributed by atoms with Crippen LogP contribution in [0.5, 0.6) is 5.75 Å². The summed E-state index contributed by atoms with van der Waals surface area (Å²) in [5.41, 5.74) is 2.35. The van der Waals surface area contributed by atoms with Gasteiger partial charge in [0.1, 0.15) is 11.8 Å². The Balaban J connectivity index is 1.43. The first-order valence-electron chi connectivity index (χ1n) is 15.0. The van der Waals surface area contributed by atoms with Gasteiger partial charge in [-0.05, 0) is 88.6 Å². The van der Waals surface area contributed by atoms with Gasteiger partial charge in [0.2, 0.25) is 17.7 Å².